The van der Waals surface area contributed by atoms with E-state index in [1.807, 2.05) is 12.2 Å². The maximum atomic E-state index is 12.6. The van der Waals surface area contributed by atoms with Gasteiger partial charge in [-0.3, -0.25) is 9.59 Å². The molecular weight excluding hydrogens is 298 g/mol. The second-order valence-electron chi connectivity index (χ2n) is 6.19. The summed E-state index contributed by atoms with van der Waals surface area (Å²) < 4.78 is 10.9. The average molecular weight is 315 g/mol. The molecule has 2 bridgehead atoms. The van der Waals surface area contributed by atoms with Crippen LogP contribution in [0.1, 0.15) is 6.42 Å². The molecule has 1 aromatic rings. The Kier molecular flexibility index (Phi) is 3.25. The van der Waals surface area contributed by atoms with Crippen LogP contribution < -0.4 is 14.8 Å². The Morgan fingerprint density at radius 2 is 1.74 bits per heavy atom. The van der Waals surface area contributed by atoms with Crippen molar-refractivity contribution >= 4 is 17.6 Å². The van der Waals surface area contributed by atoms with Crippen molar-refractivity contribution in [2.75, 3.05) is 18.5 Å². The van der Waals surface area contributed by atoms with Gasteiger partial charge in [-0.15, -0.1) is 0 Å². The quantitative estimate of drug-likeness (QED) is 0.832. The number of carboxylic acids is 1. The van der Waals surface area contributed by atoms with Crippen LogP contribution in [0.2, 0.25) is 0 Å². The van der Waals surface area contributed by atoms with Gasteiger partial charge in [-0.05, 0) is 30.4 Å². The van der Waals surface area contributed by atoms with Gasteiger partial charge < -0.3 is 19.9 Å². The molecule has 1 heterocycles. The van der Waals surface area contributed by atoms with E-state index in [1.165, 1.54) is 0 Å². The fourth-order valence-corrected chi connectivity index (χ4v) is 3.86. The van der Waals surface area contributed by atoms with Gasteiger partial charge in [0.2, 0.25) is 5.91 Å². The number of anilines is 1. The molecule has 1 saturated carbocycles. The van der Waals surface area contributed by atoms with Crippen molar-refractivity contribution in [3.05, 3.63) is 30.4 Å². The lowest BCUT2D eigenvalue weighted by atomic mass is 9.82. The van der Waals surface area contributed by atoms with Crippen molar-refractivity contribution in [1.82, 2.24) is 0 Å². The van der Waals surface area contributed by atoms with Crippen LogP contribution in [0, 0.1) is 23.7 Å². The van der Waals surface area contributed by atoms with Gasteiger partial charge in [0.25, 0.3) is 0 Å². The normalized spacial score (nSPS) is 30.3. The Labute approximate surface area is 133 Å². The van der Waals surface area contributed by atoms with Crippen LogP contribution in [0.4, 0.5) is 5.69 Å². The van der Waals surface area contributed by atoms with Gasteiger partial charge in [0, 0.05) is 11.8 Å². The number of carbonyl (C=O) groups is 2. The summed E-state index contributed by atoms with van der Waals surface area (Å²) in [5.41, 5.74) is 0.593. The van der Waals surface area contributed by atoms with Gasteiger partial charge >= 0.3 is 5.97 Å². The molecule has 0 unspecified atom stereocenters. The first-order valence-electron chi connectivity index (χ1n) is 7.75. The Hall–Kier alpha value is -2.50. The number of rotatable bonds is 3. The Bertz CT molecular complexity index is 698. The summed E-state index contributed by atoms with van der Waals surface area (Å²) in [4.78, 5) is 24.1. The lowest BCUT2D eigenvalue weighted by Gasteiger charge is -2.24. The van der Waals surface area contributed by atoms with E-state index < -0.39 is 17.8 Å². The smallest absolute Gasteiger partial charge is 0.307 e. The van der Waals surface area contributed by atoms with Crippen molar-refractivity contribution < 1.29 is 24.2 Å². The summed E-state index contributed by atoms with van der Waals surface area (Å²) in [5, 5.41) is 12.3. The molecule has 0 spiro atoms. The molecule has 120 valence electrons. The molecule has 3 aliphatic rings. The summed E-state index contributed by atoms with van der Waals surface area (Å²) in [5.74, 6) is -1.07. The van der Waals surface area contributed by atoms with E-state index in [0.29, 0.717) is 30.4 Å². The molecule has 1 aromatic carbocycles. The topological polar surface area (TPSA) is 84.9 Å². The van der Waals surface area contributed by atoms with E-state index in [4.69, 9.17) is 9.47 Å². The molecule has 0 aromatic heterocycles. The largest absolute Gasteiger partial charge is 0.486 e. The predicted molar refractivity (Wildman–Crippen MR) is 81.4 cm³/mol. The Morgan fingerprint density at radius 3 is 2.48 bits per heavy atom. The molecule has 4 atom stereocenters. The SMILES string of the molecule is O=C(Nc1ccc2c(c1)OCCO2)[C@@H]1[C@H](C(=O)O)[C@H]2C=C[C@H]1C2. The molecule has 1 aliphatic heterocycles. The Morgan fingerprint density at radius 1 is 1.04 bits per heavy atom. The summed E-state index contributed by atoms with van der Waals surface area (Å²) in [7, 11) is 0. The lowest BCUT2D eigenvalue weighted by molar-refractivity contribution is -0.146. The van der Waals surface area contributed by atoms with Crippen LogP contribution in [-0.4, -0.2) is 30.2 Å². The number of ether oxygens (including phenoxy) is 2. The molecule has 1 amide bonds. The van der Waals surface area contributed by atoms with Gasteiger partial charge in [0.1, 0.15) is 13.2 Å². The highest BCUT2D eigenvalue weighted by Gasteiger charge is 2.51. The van der Waals surface area contributed by atoms with E-state index in [0.717, 1.165) is 6.42 Å². The molecule has 2 N–H and O–H groups in total. The first-order valence-corrected chi connectivity index (χ1v) is 7.75. The minimum absolute atomic E-state index is 0.0123. The molecule has 2 aliphatic carbocycles. The van der Waals surface area contributed by atoms with Crippen molar-refractivity contribution in [2.24, 2.45) is 23.7 Å². The maximum absolute atomic E-state index is 12.6. The molecule has 0 saturated heterocycles. The molecule has 23 heavy (non-hydrogen) atoms. The van der Waals surface area contributed by atoms with Crippen LogP contribution in [0.25, 0.3) is 0 Å². The van der Waals surface area contributed by atoms with Gasteiger partial charge in [0.15, 0.2) is 11.5 Å². The number of fused-ring (bicyclic) bond motifs is 3. The average Bonchev–Trinajstić information content (AvgIpc) is 3.15. The summed E-state index contributed by atoms with van der Waals surface area (Å²) in [6.07, 6.45) is 4.64. The number of hydrogen-bond acceptors (Lipinski definition) is 4. The standard InChI is InChI=1S/C17H17NO5/c19-16(14-9-1-2-10(7-9)15(14)17(20)21)18-11-3-4-12-13(8-11)23-6-5-22-12/h1-4,8-10,14-15H,5-7H2,(H,18,19)(H,20,21)/t9-,10-,14-,15+/m0/s1. The van der Waals surface area contributed by atoms with Crippen LogP contribution in [0.3, 0.4) is 0 Å². The number of allylic oxidation sites excluding steroid dienone is 2. The third kappa shape index (κ3) is 2.34. The number of carboxylic acid groups (broad SMARTS) is 1. The molecular formula is C17H17NO5. The molecule has 6 heteroatoms. The van der Waals surface area contributed by atoms with E-state index >= 15 is 0 Å². The molecule has 6 nitrogen and oxygen atoms in total. The van der Waals surface area contributed by atoms with Gasteiger partial charge in [-0.25, -0.2) is 0 Å². The van der Waals surface area contributed by atoms with Crippen LogP contribution >= 0.6 is 0 Å². The highest BCUT2D eigenvalue weighted by atomic mass is 16.6. The third-order valence-corrected chi connectivity index (χ3v) is 4.86. The monoisotopic (exact) mass is 315 g/mol. The van der Waals surface area contributed by atoms with Crippen LogP contribution in [0.15, 0.2) is 30.4 Å². The lowest BCUT2D eigenvalue weighted by Crippen LogP contribution is -2.36. The number of hydrogen-bond donors (Lipinski definition) is 2. The number of nitrogens with one attached hydrogen (secondary N) is 1. The van der Waals surface area contributed by atoms with Crippen molar-refractivity contribution in [2.45, 2.75) is 6.42 Å². The highest BCUT2D eigenvalue weighted by Crippen LogP contribution is 2.48. The minimum Gasteiger partial charge on any atom is -0.486 e. The Balaban J connectivity index is 1.54. The number of amides is 1. The summed E-state index contributed by atoms with van der Waals surface area (Å²) >= 11 is 0. The molecule has 0 radical (unpaired) electrons. The van der Waals surface area contributed by atoms with Gasteiger partial charge in [-0.1, -0.05) is 12.2 Å². The molecule has 4 rings (SSSR count). The minimum atomic E-state index is -0.899. The molecule has 1 fully saturated rings. The predicted octanol–water partition coefficient (Wildman–Crippen LogP) is 1.92. The van der Waals surface area contributed by atoms with Crippen LogP contribution in [0.5, 0.6) is 11.5 Å². The van der Waals surface area contributed by atoms with Gasteiger partial charge in [-0.2, -0.15) is 0 Å². The third-order valence-electron chi connectivity index (χ3n) is 4.86. The van der Waals surface area contributed by atoms with Crippen molar-refractivity contribution in [1.29, 1.82) is 0 Å². The second kappa shape index (κ2) is 5.30. The first-order chi connectivity index (χ1) is 11.1. The van der Waals surface area contributed by atoms with E-state index in [9.17, 15) is 14.7 Å². The summed E-state index contributed by atoms with van der Waals surface area (Å²) in [6, 6.07) is 5.20. The van der Waals surface area contributed by atoms with Crippen molar-refractivity contribution in [3.63, 3.8) is 0 Å². The zero-order valence-corrected chi connectivity index (χ0v) is 12.4. The van der Waals surface area contributed by atoms with Crippen LogP contribution in [-0.2, 0) is 9.59 Å². The highest BCUT2D eigenvalue weighted by molar-refractivity contribution is 5.96. The van der Waals surface area contributed by atoms with E-state index in [-0.39, 0.29) is 17.7 Å². The second-order valence-corrected chi connectivity index (χ2v) is 6.19. The number of benzene rings is 1. The summed E-state index contributed by atoms with van der Waals surface area (Å²) in [6.45, 7) is 0.985. The fraction of sp³-hybridized carbons (Fsp3) is 0.412. The van der Waals surface area contributed by atoms with Crippen molar-refractivity contribution in [3.8, 4) is 11.5 Å². The zero-order valence-electron chi connectivity index (χ0n) is 12.4. The number of carbonyl (C=O) groups excluding carboxylic acids is 1. The van der Waals surface area contributed by atoms with E-state index in [1.54, 1.807) is 18.2 Å². The van der Waals surface area contributed by atoms with Gasteiger partial charge in [0.05, 0.1) is 11.8 Å². The fourth-order valence-electron chi connectivity index (χ4n) is 3.86. The zero-order chi connectivity index (χ0) is 16.0. The number of aliphatic carboxylic acids is 1. The first kappa shape index (κ1) is 14.1. The van der Waals surface area contributed by atoms with E-state index in [2.05, 4.69) is 5.32 Å². The maximum Gasteiger partial charge on any atom is 0.307 e.